The van der Waals surface area contributed by atoms with Gasteiger partial charge in [-0.1, -0.05) is 24.2 Å². The van der Waals surface area contributed by atoms with Gasteiger partial charge in [0.2, 0.25) is 5.13 Å². The molecule has 0 bridgehead atoms. The van der Waals surface area contributed by atoms with Crippen LogP contribution in [-0.4, -0.2) is 64.0 Å². The van der Waals surface area contributed by atoms with Crippen molar-refractivity contribution < 1.29 is 9.59 Å². The number of carbonyl (C=O) groups excluding carboxylic acids is 2. The van der Waals surface area contributed by atoms with Gasteiger partial charge >= 0.3 is 11.8 Å². The molecule has 0 atom stereocenters. The number of rotatable bonds is 4. The summed E-state index contributed by atoms with van der Waals surface area (Å²) >= 11 is 1.55. The third-order valence-electron chi connectivity index (χ3n) is 5.52. The topological polar surface area (TPSA) is 69.6 Å². The number of anilines is 1. The third kappa shape index (κ3) is 3.49. The van der Waals surface area contributed by atoms with Gasteiger partial charge in [0.1, 0.15) is 5.01 Å². The number of aromatic nitrogens is 2. The van der Waals surface area contributed by atoms with E-state index in [4.69, 9.17) is 0 Å². The third-order valence-corrected chi connectivity index (χ3v) is 6.48. The Bertz CT molecular complexity index is 637. The average Bonchev–Trinajstić information content (AvgIpc) is 3.32. The monoisotopic (exact) mass is 363 g/mol. The molecule has 0 N–H and O–H groups in total. The zero-order chi connectivity index (χ0) is 17.2. The lowest BCUT2D eigenvalue weighted by molar-refractivity contribution is -0.158. The Morgan fingerprint density at radius 1 is 0.880 bits per heavy atom. The largest absolute Gasteiger partial charge is 0.347 e. The molecule has 136 valence electrons. The van der Waals surface area contributed by atoms with Crippen molar-refractivity contribution in [2.24, 2.45) is 0 Å². The van der Waals surface area contributed by atoms with Gasteiger partial charge in [-0.2, -0.15) is 0 Å². The van der Waals surface area contributed by atoms with Gasteiger partial charge in [0.25, 0.3) is 0 Å². The first-order chi connectivity index (χ1) is 12.2. The molecule has 0 spiro atoms. The lowest BCUT2D eigenvalue weighted by Crippen LogP contribution is -2.56. The van der Waals surface area contributed by atoms with Crippen LogP contribution >= 0.6 is 11.3 Å². The molecule has 3 fully saturated rings. The van der Waals surface area contributed by atoms with Crippen LogP contribution in [0, 0.1) is 0 Å². The molecule has 3 aliphatic rings. The zero-order valence-electron chi connectivity index (χ0n) is 14.5. The van der Waals surface area contributed by atoms with Crippen molar-refractivity contribution in [3.8, 4) is 0 Å². The van der Waals surface area contributed by atoms with E-state index in [9.17, 15) is 9.59 Å². The summed E-state index contributed by atoms with van der Waals surface area (Å²) in [7, 11) is 0. The normalized spacial score (nSPS) is 23.0. The van der Waals surface area contributed by atoms with E-state index in [1.54, 1.807) is 21.1 Å². The maximum atomic E-state index is 12.5. The highest BCUT2D eigenvalue weighted by molar-refractivity contribution is 7.15. The molecule has 1 aromatic rings. The quantitative estimate of drug-likeness (QED) is 0.761. The fourth-order valence-electron chi connectivity index (χ4n) is 4.09. The summed E-state index contributed by atoms with van der Waals surface area (Å²) in [6.45, 7) is 3.71. The summed E-state index contributed by atoms with van der Waals surface area (Å²) in [6.07, 6.45) is 8.08. The summed E-state index contributed by atoms with van der Waals surface area (Å²) in [5.74, 6) is -0.716. The van der Waals surface area contributed by atoms with Gasteiger partial charge in [0.15, 0.2) is 0 Å². The SMILES string of the molecule is O=C1C(=O)N(C2CCCC2)CCN1Cc1nnc(N2CCCCC2)s1. The van der Waals surface area contributed by atoms with Gasteiger partial charge in [0.05, 0.1) is 6.54 Å². The Kier molecular flexibility index (Phi) is 4.87. The van der Waals surface area contributed by atoms with Crippen LogP contribution in [0.1, 0.15) is 50.0 Å². The smallest absolute Gasteiger partial charge is 0.312 e. The molecule has 3 heterocycles. The maximum Gasteiger partial charge on any atom is 0.312 e. The summed E-state index contributed by atoms with van der Waals surface area (Å²) in [5.41, 5.74) is 0. The summed E-state index contributed by atoms with van der Waals surface area (Å²) < 4.78 is 0. The van der Waals surface area contributed by atoms with Gasteiger partial charge in [-0.05, 0) is 32.1 Å². The van der Waals surface area contributed by atoms with Gasteiger partial charge in [-0.3, -0.25) is 9.59 Å². The van der Waals surface area contributed by atoms with Gasteiger partial charge in [-0.15, -0.1) is 10.2 Å². The number of amides is 2. The first kappa shape index (κ1) is 16.8. The van der Waals surface area contributed by atoms with E-state index in [2.05, 4.69) is 15.1 Å². The number of nitrogens with zero attached hydrogens (tertiary/aromatic N) is 5. The fraction of sp³-hybridized carbons (Fsp3) is 0.765. The highest BCUT2D eigenvalue weighted by Gasteiger charge is 2.37. The van der Waals surface area contributed by atoms with Gasteiger partial charge < -0.3 is 14.7 Å². The number of hydrogen-bond donors (Lipinski definition) is 0. The first-order valence-electron chi connectivity index (χ1n) is 9.39. The minimum atomic E-state index is -0.382. The van der Waals surface area contributed by atoms with Crippen LogP contribution in [0.15, 0.2) is 0 Å². The molecule has 4 rings (SSSR count). The Morgan fingerprint density at radius 2 is 1.64 bits per heavy atom. The molecule has 1 aliphatic carbocycles. The van der Waals surface area contributed by atoms with Crippen molar-refractivity contribution in [1.82, 2.24) is 20.0 Å². The average molecular weight is 363 g/mol. The minimum Gasteiger partial charge on any atom is -0.347 e. The second-order valence-corrected chi connectivity index (χ2v) is 8.23. The van der Waals surface area contributed by atoms with E-state index >= 15 is 0 Å². The molecule has 0 unspecified atom stereocenters. The molecule has 2 saturated heterocycles. The van der Waals surface area contributed by atoms with Crippen molar-refractivity contribution >= 4 is 28.3 Å². The predicted molar refractivity (Wildman–Crippen MR) is 95.4 cm³/mol. The molecule has 0 aromatic carbocycles. The maximum absolute atomic E-state index is 12.5. The second-order valence-electron chi connectivity index (χ2n) is 7.19. The van der Waals surface area contributed by atoms with Crippen LogP contribution < -0.4 is 4.90 Å². The Labute approximate surface area is 152 Å². The number of carbonyl (C=O) groups is 2. The molecule has 25 heavy (non-hydrogen) atoms. The zero-order valence-corrected chi connectivity index (χ0v) is 15.3. The van der Waals surface area contributed by atoms with E-state index in [-0.39, 0.29) is 17.9 Å². The van der Waals surface area contributed by atoms with Gasteiger partial charge in [-0.25, -0.2) is 0 Å². The minimum absolute atomic E-state index is 0.269. The van der Waals surface area contributed by atoms with E-state index in [0.717, 1.165) is 48.9 Å². The Morgan fingerprint density at radius 3 is 2.40 bits per heavy atom. The van der Waals surface area contributed by atoms with Crippen molar-refractivity contribution in [2.45, 2.75) is 57.5 Å². The fourth-order valence-corrected chi connectivity index (χ4v) is 5.00. The van der Waals surface area contributed by atoms with Crippen molar-refractivity contribution in [3.05, 3.63) is 5.01 Å². The predicted octanol–water partition coefficient (Wildman–Crippen LogP) is 1.64. The van der Waals surface area contributed by atoms with Crippen LogP contribution in [-0.2, 0) is 16.1 Å². The molecular formula is C17H25N5O2S. The summed E-state index contributed by atoms with van der Waals surface area (Å²) in [4.78, 5) is 30.6. The molecule has 2 aliphatic heterocycles. The van der Waals surface area contributed by atoms with Crippen LogP contribution in [0.2, 0.25) is 0 Å². The lowest BCUT2D eigenvalue weighted by atomic mass is 10.1. The molecule has 1 aromatic heterocycles. The lowest BCUT2D eigenvalue weighted by Gasteiger charge is -2.36. The van der Waals surface area contributed by atoms with Crippen LogP contribution in [0.4, 0.5) is 5.13 Å². The Hall–Kier alpha value is -1.70. The number of hydrogen-bond acceptors (Lipinski definition) is 6. The molecule has 2 amide bonds. The van der Waals surface area contributed by atoms with Crippen LogP contribution in [0.3, 0.4) is 0 Å². The van der Waals surface area contributed by atoms with Crippen molar-refractivity contribution in [3.63, 3.8) is 0 Å². The van der Waals surface area contributed by atoms with Crippen molar-refractivity contribution in [2.75, 3.05) is 31.1 Å². The highest BCUT2D eigenvalue weighted by atomic mass is 32.1. The molecule has 1 saturated carbocycles. The van der Waals surface area contributed by atoms with E-state index in [1.807, 2.05) is 0 Å². The number of piperidine rings is 1. The summed E-state index contributed by atoms with van der Waals surface area (Å²) in [6, 6.07) is 0.269. The standard InChI is InChI=1S/C17H25N5O2S/c23-15-16(24)22(13-6-2-3-7-13)11-10-21(15)12-14-18-19-17(25-14)20-8-4-1-5-9-20/h13H,1-12H2. The van der Waals surface area contributed by atoms with E-state index in [0.29, 0.717) is 19.6 Å². The van der Waals surface area contributed by atoms with Crippen molar-refractivity contribution in [1.29, 1.82) is 0 Å². The molecular weight excluding hydrogens is 338 g/mol. The second kappa shape index (κ2) is 7.27. The Balaban J connectivity index is 1.37. The molecule has 0 radical (unpaired) electrons. The molecule has 7 nitrogen and oxygen atoms in total. The first-order valence-corrected chi connectivity index (χ1v) is 10.2. The van der Waals surface area contributed by atoms with Crippen LogP contribution in [0.25, 0.3) is 0 Å². The number of piperazine rings is 1. The van der Waals surface area contributed by atoms with Gasteiger partial charge in [0, 0.05) is 32.2 Å². The summed E-state index contributed by atoms with van der Waals surface area (Å²) in [5, 5.41) is 10.3. The van der Waals surface area contributed by atoms with E-state index in [1.165, 1.54) is 19.3 Å². The van der Waals surface area contributed by atoms with Crippen LogP contribution in [0.5, 0.6) is 0 Å². The highest BCUT2D eigenvalue weighted by Crippen LogP contribution is 2.27. The van der Waals surface area contributed by atoms with E-state index < -0.39 is 0 Å². The molecule has 8 heteroatoms.